The van der Waals surface area contributed by atoms with Gasteiger partial charge in [0.25, 0.3) is 5.91 Å². The molecule has 0 bridgehead atoms. The largest absolute Gasteiger partial charge is 0.508 e. The number of rotatable bonds is 6. The Morgan fingerprint density at radius 1 is 1.02 bits per heavy atom. The summed E-state index contributed by atoms with van der Waals surface area (Å²) in [5, 5.41) is 36.1. The van der Waals surface area contributed by atoms with Crippen molar-refractivity contribution in [2.75, 3.05) is 31.7 Å². The molecule has 13 nitrogen and oxygen atoms in total. The van der Waals surface area contributed by atoms with Gasteiger partial charge in [-0.3, -0.25) is 9.36 Å². The number of ether oxygens (including phenoxy) is 3. The quantitative estimate of drug-likeness (QED) is 0.152. The number of amides is 1. The monoisotopic (exact) mass is 655 g/mol. The van der Waals surface area contributed by atoms with Gasteiger partial charge in [0.15, 0.2) is 11.3 Å². The van der Waals surface area contributed by atoms with E-state index in [2.05, 4.69) is 15.6 Å². The van der Waals surface area contributed by atoms with E-state index in [-0.39, 0.29) is 43.0 Å². The van der Waals surface area contributed by atoms with Crippen LogP contribution in [0.15, 0.2) is 60.9 Å². The van der Waals surface area contributed by atoms with Gasteiger partial charge in [-0.2, -0.15) is 0 Å². The summed E-state index contributed by atoms with van der Waals surface area (Å²) in [6, 6.07) is 14.5. The van der Waals surface area contributed by atoms with Crippen LogP contribution in [0.1, 0.15) is 62.2 Å². The lowest BCUT2D eigenvalue weighted by Gasteiger charge is -2.36. The number of carbonyl (C=O) groups is 2. The highest BCUT2D eigenvalue weighted by Crippen LogP contribution is 2.57. The van der Waals surface area contributed by atoms with Crippen molar-refractivity contribution in [1.29, 1.82) is 0 Å². The van der Waals surface area contributed by atoms with E-state index in [0.29, 0.717) is 68.9 Å². The molecular formula is C33H29N5O8S. The Morgan fingerprint density at radius 2 is 1.74 bits per heavy atom. The van der Waals surface area contributed by atoms with Crippen LogP contribution in [0.5, 0.6) is 23.0 Å². The van der Waals surface area contributed by atoms with Crippen LogP contribution in [-0.2, 0) is 15.1 Å². The fraction of sp³-hybridized carbons (Fsp3) is 0.273. The molecule has 4 aromatic rings. The number of esters is 1. The summed E-state index contributed by atoms with van der Waals surface area (Å²) in [4.78, 5) is 33.0. The standard InChI is InChI=1S/C33H29N5O8S/c39-14-20-4-8-27(44-20)38-16-35-28-29(38)36-15-37(31(28)42)10-9-34-30(47)17-1-5-22-21(11-17)32(43)46-33(22)23-6-2-18(40)12-25(23)45-26-13-19(41)3-7-24(26)33/h1-3,5-7,11-13,16,20,27,36,39-41H,4,8-10,14-15H2,(H,34,47)/t20-,27+/m0/s1. The first-order chi connectivity index (χ1) is 22.8. The van der Waals surface area contributed by atoms with E-state index in [0.717, 1.165) is 12.8 Å². The minimum Gasteiger partial charge on any atom is -0.508 e. The van der Waals surface area contributed by atoms with Crippen LogP contribution in [0.2, 0.25) is 0 Å². The number of fused-ring (bicyclic) bond motifs is 7. The number of phenols is 2. The molecule has 1 spiro atoms. The number of anilines is 1. The lowest BCUT2D eigenvalue weighted by Crippen LogP contribution is -2.44. The molecule has 0 saturated carbocycles. The molecular weight excluding hydrogens is 626 g/mol. The first-order valence-corrected chi connectivity index (χ1v) is 15.5. The van der Waals surface area contributed by atoms with Crippen LogP contribution in [0, 0.1) is 0 Å². The number of benzene rings is 3. The van der Waals surface area contributed by atoms with Crippen molar-refractivity contribution < 1.29 is 39.1 Å². The van der Waals surface area contributed by atoms with Crippen molar-refractivity contribution in [2.24, 2.45) is 0 Å². The minimum absolute atomic E-state index is 0.0217. The third-order valence-electron chi connectivity index (χ3n) is 9.02. The highest BCUT2D eigenvalue weighted by molar-refractivity contribution is 7.80. The van der Waals surface area contributed by atoms with Crippen LogP contribution in [0.4, 0.5) is 5.82 Å². The van der Waals surface area contributed by atoms with Crippen molar-refractivity contribution in [3.63, 3.8) is 0 Å². The molecule has 14 heteroatoms. The van der Waals surface area contributed by atoms with Gasteiger partial charge in [-0.25, -0.2) is 9.78 Å². The number of carbonyl (C=O) groups excluding carboxylic acids is 2. The van der Waals surface area contributed by atoms with Gasteiger partial charge in [-0.15, -0.1) is 0 Å². The SMILES string of the molecule is O=C1OC2(c3ccc(O)cc3Oc3cc(O)ccc32)c2ccc(C(=S)NCCN3CNc4c(ncn4[C@H]4CC[C@@H](CO)O4)C3=O)cc21. The molecule has 240 valence electrons. The number of hydrogen-bond donors (Lipinski definition) is 5. The number of nitrogens with zero attached hydrogens (tertiary/aromatic N) is 3. The number of thiocarbonyl (C=S) groups is 1. The van der Waals surface area contributed by atoms with Crippen LogP contribution in [-0.4, -0.2) is 79.1 Å². The van der Waals surface area contributed by atoms with E-state index in [1.165, 1.54) is 24.3 Å². The fourth-order valence-corrected chi connectivity index (χ4v) is 6.99. The lowest BCUT2D eigenvalue weighted by atomic mass is 9.77. The first-order valence-electron chi connectivity index (χ1n) is 15.1. The van der Waals surface area contributed by atoms with Crippen molar-refractivity contribution in [3.8, 4) is 23.0 Å². The van der Waals surface area contributed by atoms with Crippen LogP contribution >= 0.6 is 12.2 Å². The average molecular weight is 656 g/mol. The van der Waals surface area contributed by atoms with Crippen molar-refractivity contribution >= 4 is 34.9 Å². The Labute approximate surface area is 273 Å². The maximum absolute atomic E-state index is 13.4. The molecule has 5 N–H and O–H groups in total. The Hall–Kier alpha value is -5.18. The van der Waals surface area contributed by atoms with Gasteiger partial charge in [0.2, 0.25) is 0 Å². The topological polar surface area (TPSA) is 168 Å². The number of imidazole rings is 1. The van der Waals surface area contributed by atoms with Gasteiger partial charge in [0, 0.05) is 47.5 Å². The second-order valence-electron chi connectivity index (χ2n) is 11.8. The fourth-order valence-electron chi connectivity index (χ4n) is 6.76. The van der Waals surface area contributed by atoms with E-state index in [1.807, 2.05) is 4.57 Å². The van der Waals surface area contributed by atoms with E-state index in [9.17, 15) is 24.9 Å². The smallest absolute Gasteiger partial charge is 0.340 e. The molecule has 47 heavy (non-hydrogen) atoms. The number of hydrogen-bond acceptors (Lipinski definition) is 11. The summed E-state index contributed by atoms with van der Waals surface area (Å²) in [6.07, 6.45) is 2.54. The van der Waals surface area contributed by atoms with Gasteiger partial charge >= 0.3 is 5.97 Å². The molecule has 0 radical (unpaired) electrons. The van der Waals surface area contributed by atoms with Crippen LogP contribution in [0.3, 0.4) is 0 Å². The number of phenolic OH excluding ortho intramolecular Hbond substituents is 2. The zero-order valence-corrected chi connectivity index (χ0v) is 25.6. The third kappa shape index (κ3) is 4.59. The van der Waals surface area contributed by atoms with Gasteiger partial charge < -0.3 is 45.1 Å². The lowest BCUT2D eigenvalue weighted by molar-refractivity contribution is -0.0215. The van der Waals surface area contributed by atoms with Crippen molar-refractivity contribution in [3.05, 3.63) is 94.4 Å². The summed E-state index contributed by atoms with van der Waals surface area (Å²) in [7, 11) is 0. The van der Waals surface area contributed by atoms with Gasteiger partial charge in [-0.1, -0.05) is 24.4 Å². The number of aliphatic hydroxyl groups excluding tert-OH is 1. The predicted molar refractivity (Wildman–Crippen MR) is 170 cm³/mol. The van der Waals surface area contributed by atoms with Crippen molar-refractivity contribution in [2.45, 2.75) is 30.8 Å². The van der Waals surface area contributed by atoms with Crippen molar-refractivity contribution in [1.82, 2.24) is 19.8 Å². The van der Waals surface area contributed by atoms with E-state index in [4.69, 9.17) is 26.4 Å². The molecule has 2 atom stereocenters. The Morgan fingerprint density at radius 3 is 2.45 bits per heavy atom. The summed E-state index contributed by atoms with van der Waals surface area (Å²) in [6.45, 7) is 0.920. The highest BCUT2D eigenvalue weighted by Gasteiger charge is 2.53. The highest BCUT2D eigenvalue weighted by atomic mass is 32.1. The summed E-state index contributed by atoms with van der Waals surface area (Å²) < 4.78 is 19.8. The van der Waals surface area contributed by atoms with Gasteiger partial charge in [-0.05, 0) is 43.2 Å². The maximum Gasteiger partial charge on any atom is 0.340 e. The molecule has 8 rings (SSSR count). The Bertz CT molecular complexity index is 1930. The second-order valence-corrected chi connectivity index (χ2v) is 12.2. The van der Waals surface area contributed by atoms with E-state index >= 15 is 0 Å². The predicted octanol–water partition coefficient (Wildman–Crippen LogP) is 3.32. The number of aliphatic hydroxyl groups is 1. The average Bonchev–Trinajstić information content (AvgIpc) is 3.78. The van der Waals surface area contributed by atoms with E-state index in [1.54, 1.807) is 41.6 Å². The number of aromatic nitrogens is 2. The molecule has 1 fully saturated rings. The first kappa shape index (κ1) is 29.2. The number of nitrogens with one attached hydrogen (secondary N) is 2. The summed E-state index contributed by atoms with van der Waals surface area (Å²) in [5.41, 5.74) is 1.51. The molecule has 3 aromatic carbocycles. The minimum atomic E-state index is -1.36. The zero-order chi connectivity index (χ0) is 32.4. The van der Waals surface area contributed by atoms with Gasteiger partial charge in [0.1, 0.15) is 40.0 Å². The second kappa shape index (κ2) is 11.0. The van der Waals surface area contributed by atoms with E-state index < -0.39 is 11.6 Å². The third-order valence-corrected chi connectivity index (χ3v) is 9.40. The van der Waals surface area contributed by atoms with Crippen LogP contribution < -0.4 is 15.4 Å². The van der Waals surface area contributed by atoms with Crippen LogP contribution in [0.25, 0.3) is 0 Å². The molecule has 0 aliphatic carbocycles. The molecule has 1 saturated heterocycles. The molecule has 4 aliphatic heterocycles. The normalized spacial score (nSPS) is 20.1. The van der Waals surface area contributed by atoms with Gasteiger partial charge in [0.05, 0.1) is 31.3 Å². The molecule has 1 amide bonds. The zero-order valence-electron chi connectivity index (χ0n) is 24.8. The molecule has 4 aliphatic rings. The maximum atomic E-state index is 13.4. The Balaban J connectivity index is 0.989. The molecule has 1 aromatic heterocycles. The summed E-state index contributed by atoms with van der Waals surface area (Å²) in [5.74, 6) is 0.384. The summed E-state index contributed by atoms with van der Waals surface area (Å²) >= 11 is 5.67. The Kier molecular flexibility index (Phi) is 6.82. The molecule has 5 heterocycles. The molecule has 0 unspecified atom stereocenters. The number of aromatic hydroxyl groups is 2.